The van der Waals surface area contributed by atoms with Gasteiger partial charge in [-0.05, 0) is 17.9 Å². The van der Waals surface area contributed by atoms with Crippen molar-refractivity contribution in [2.45, 2.75) is 33.7 Å². The lowest BCUT2D eigenvalue weighted by Gasteiger charge is -2.23. The lowest BCUT2D eigenvalue weighted by Crippen LogP contribution is -2.26. The fraction of sp³-hybridized carbons (Fsp3) is 0.429. The summed E-state index contributed by atoms with van der Waals surface area (Å²) in [5.74, 6) is 1.09. The molecule has 0 aliphatic carbocycles. The zero-order chi connectivity index (χ0) is 13.3. The summed E-state index contributed by atoms with van der Waals surface area (Å²) < 4.78 is 5.28. The molecule has 0 fully saturated rings. The van der Waals surface area contributed by atoms with E-state index in [0.717, 1.165) is 11.1 Å². The zero-order valence-electron chi connectivity index (χ0n) is 11.3. The van der Waals surface area contributed by atoms with Gasteiger partial charge in [-0.1, -0.05) is 50.2 Å². The molecule has 2 N–H and O–H groups in total. The molecule has 0 saturated carbocycles. The molecule has 1 aromatic heterocycles. The number of nitrogens with zero attached hydrogens (tertiary/aromatic N) is 2. The van der Waals surface area contributed by atoms with Crippen LogP contribution in [0.1, 0.15) is 38.3 Å². The minimum atomic E-state index is -0.261. The highest BCUT2D eigenvalue weighted by Crippen LogP contribution is 2.30. The Morgan fingerprint density at radius 1 is 1.22 bits per heavy atom. The van der Waals surface area contributed by atoms with Crippen molar-refractivity contribution in [3.8, 4) is 11.4 Å². The topological polar surface area (TPSA) is 64.9 Å². The normalized spacial score (nSPS) is 13.6. The fourth-order valence-corrected chi connectivity index (χ4v) is 1.67. The van der Waals surface area contributed by atoms with Gasteiger partial charge in [0, 0.05) is 5.56 Å². The largest absolute Gasteiger partial charge is 0.337 e. The minimum Gasteiger partial charge on any atom is -0.337 e. The van der Waals surface area contributed by atoms with Gasteiger partial charge in [-0.2, -0.15) is 4.98 Å². The number of hydrogen-bond acceptors (Lipinski definition) is 4. The number of aryl methyl sites for hydroxylation is 1. The Bertz CT molecular complexity index is 540. The molecule has 0 bridgehead atoms. The molecule has 0 unspecified atom stereocenters. The summed E-state index contributed by atoms with van der Waals surface area (Å²) in [6, 6.07) is 7.69. The van der Waals surface area contributed by atoms with E-state index in [1.165, 1.54) is 0 Å². The van der Waals surface area contributed by atoms with Crippen LogP contribution in [0.3, 0.4) is 0 Å². The van der Waals surface area contributed by atoms with Gasteiger partial charge >= 0.3 is 0 Å². The van der Waals surface area contributed by atoms with Gasteiger partial charge in [-0.15, -0.1) is 0 Å². The monoisotopic (exact) mass is 245 g/mol. The Morgan fingerprint density at radius 3 is 2.50 bits per heavy atom. The number of nitrogens with two attached hydrogens (primary N) is 1. The first kappa shape index (κ1) is 12.8. The van der Waals surface area contributed by atoms with E-state index >= 15 is 0 Å². The van der Waals surface area contributed by atoms with Crippen molar-refractivity contribution in [2.75, 3.05) is 0 Å². The average molecular weight is 245 g/mol. The minimum absolute atomic E-state index is 0.102. The third kappa shape index (κ3) is 2.43. The highest BCUT2D eigenvalue weighted by atomic mass is 16.5. The summed E-state index contributed by atoms with van der Waals surface area (Å²) in [5.41, 5.74) is 8.10. The van der Waals surface area contributed by atoms with Gasteiger partial charge < -0.3 is 10.3 Å². The molecule has 0 aliphatic heterocycles. The third-order valence-electron chi connectivity index (χ3n) is 3.03. The van der Waals surface area contributed by atoms with Crippen LogP contribution < -0.4 is 5.73 Å². The second kappa shape index (κ2) is 4.53. The molecule has 2 aromatic rings. The quantitative estimate of drug-likeness (QED) is 0.883. The van der Waals surface area contributed by atoms with E-state index in [1.807, 2.05) is 31.2 Å². The van der Waals surface area contributed by atoms with Crippen LogP contribution in [0.15, 0.2) is 28.8 Å². The van der Waals surface area contributed by atoms with Crippen molar-refractivity contribution in [3.05, 3.63) is 35.7 Å². The maximum Gasteiger partial charge on any atom is 0.244 e. The molecule has 0 spiro atoms. The Balaban J connectivity index is 2.35. The summed E-state index contributed by atoms with van der Waals surface area (Å²) in [7, 11) is 0. The molecule has 0 aliphatic rings. The summed E-state index contributed by atoms with van der Waals surface area (Å²) in [6.45, 7) is 8.18. The Kier molecular flexibility index (Phi) is 3.22. The van der Waals surface area contributed by atoms with Crippen molar-refractivity contribution >= 4 is 0 Å². The maximum atomic E-state index is 6.11. The highest BCUT2D eigenvalue weighted by molar-refractivity contribution is 5.58. The van der Waals surface area contributed by atoms with E-state index in [-0.39, 0.29) is 11.5 Å². The summed E-state index contributed by atoms with van der Waals surface area (Å²) in [5, 5.41) is 4.02. The standard InChI is InChI=1S/C14H19N3O/c1-9-7-5-6-8-10(9)12-16-13(18-17-12)11(15)14(2,3)4/h5-8,11H,15H2,1-4H3/t11-/m0/s1. The van der Waals surface area contributed by atoms with E-state index in [2.05, 4.69) is 30.9 Å². The predicted molar refractivity (Wildman–Crippen MR) is 70.9 cm³/mol. The molecule has 0 saturated heterocycles. The van der Waals surface area contributed by atoms with Crippen LogP contribution in [-0.4, -0.2) is 10.1 Å². The molecule has 0 amide bonds. The van der Waals surface area contributed by atoms with Crippen LogP contribution in [0, 0.1) is 12.3 Å². The first-order valence-corrected chi connectivity index (χ1v) is 6.05. The van der Waals surface area contributed by atoms with E-state index in [0.29, 0.717) is 11.7 Å². The highest BCUT2D eigenvalue weighted by Gasteiger charge is 2.27. The van der Waals surface area contributed by atoms with Crippen molar-refractivity contribution in [2.24, 2.45) is 11.1 Å². The molecule has 1 atom stereocenters. The predicted octanol–water partition coefficient (Wildman–Crippen LogP) is 3.09. The van der Waals surface area contributed by atoms with Crippen LogP contribution in [0.5, 0.6) is 0 Å². The molecular formula is C14H19N3O. The van der Waals surface area contributed by atoms with Gasteiger partial charge in [0.25, 0.3) is 0 Å². The van der Waals surface area contributed by atoms with E-state index in [4.69, 9.17) is 10.3 Å². The van der Waals surface area contributed by atoms with Gasteiger partial charge in [-0.25, -0.2) is 0 Å². The number of benzene rings is 1. The lowest BCUT2D eigenvalue weighted by molar-refractivity contribution is 0.253. The van der Waals surface area contributed by atoms with Crippen LogP contribution >= 0.6 is 0 Å². The maximum absolute atomic E-state index is 6.11. The molecule has 18 heavy (non-hydrogen) atoms. The molecule has 4 nitrogen and oxygen atoms in total. The average Bonchev–Trinajstić information content (AvgIpc) is 2.76. The van der Waals surface area contributed by atoms with Gasteiger partial charge in [0.1, 0.15) is 0 Å². The first-order chi connectivity index (χ1) is 8.39. The van der Waals surface area contributed by atoms with Crippen LogP contribution in [0.4, 0.5) is 0 Å². The summed E-state index contributed by atoms with van der Waals surface area (Å²) >= 11 is 0. The van der Waals surface area contributed by atoms with E-state index < -0.39 is 0 Å². The van der Waals surface area contributed by atoms with Gasteiger partial charge in [0.05, 0.1) is 6.04 Å². The van der Waals surface area contributed by atoms with Gasteiger partial charge in [0.15, 0.2) is 0 Å². The molecule has 4 heteroatoms. The molecule has 1 heterocycles. The Labute approximate surface area is 107 Å². The van der Waals surface area contributed by atoms with E-state index in [9.17, 15) is 0 Å². The zero-order valence-corrected chi connectivity index (χ0v) is 11.3. The van der Waals surface area contributed by atoms with Crippen LogP contribution in [0.2, 0.25) is 0 Å². The molecule has 96 valence electrons. The summed E-state index contributed by atoms with van der Waals surface area (Å²) in [6.07, 6.45) is 0. The van der Waals surface area contributed by atoms with Crippen molar-refractivity contribution in [1.29, 1.82) is 0 Å². The summed E-state index contributed by atoms with van der Waals surface area (Å²) in [4.78, 5) is 4.40. The third-order valence-corrected chi connectivity index (χ3v) is 3.03. The van der Waals surface area contributed by atoms with Crippen LogP contribution in [0.25, 0.3) is 11.4 Å². The van der Waals surface area contributed by atoms with Crippen molar-refractivity contribution < 1.29 is 4.52 Å². The Hall–Kier alpha value is -1.68. The smallest absolute Gasteiger partial charge is 0.244 e. The van der Waals surface area contributed by atoms with Gasteiger partial charge in [0.2, 0.25) is 11.7 Å². The van der Waals surface area contributed by atoms with Crippen molar-refractivity contribution in [1.82, 2.24) is 10.1 Å². The second-order valence-corrected chi connectivity index (χ2v) is 5.61. The molecule has 2 rings (SSSR count). The SMILES string of the molecule is Cc1ccccc1-c1noc([C@H](N)C(C)(C)C)n1. The van der Waals surface area contributed by atoms with E-state index in [1.54, 1.807) is 0 Å². The number of hydrogen-bond donors (Lipinski definition) is 1. The van der Waals surface area contributed by atoms with Crippen molar-refractivity contribution in [3.63, 3.8) is 0 Å². The fourth-order valence-electron chi connectivity index (χ4n) is 1.67. The second-order valence-electron chi connectivity index (χ2n) is 5.61. The van der Waals surface area contributed by atoms with Crippen LogP contribution in [-0.2, 0) is 0 Å². The molecular weight excluding hydrogens is 226 g/mol. The van der Waals surface area contributed by atoms with Gasteiger partial charge in [-0.3, -0.25) is 0 Å². The first-order valence-electron chi connectivity index (χ1n) is 6.05. The lowest BCUT2D eigenvalue weighted by atomic mass is 9.87. The Morgan fingerprint density at radius 2 is 1.89 bits per heavy atom. The number of aromatic nitrogens is 2. The number of rotatable bonds is 2. The molecule has 1 aromatic carbocycles. The molecule has 0 radical (unpaired) electrons.